The number of piperidine rings is 1. The number of hydrogen-bond acceptors (Lipinski definition) is 6. The number of hydrogen-bond donors (Lipinski definition) is 1. The monoisotopic (exact) mass is 464 g/mol. The number of rotatable bonds is 6. The molecule has 174 valence electrons. The lowest BCUT2D eigenvalue weighted by Gasteiger charge is -2.26. The summed E-state index contributed by atoms with van der Waals surface area (Å²) in [6, 6.07) is 12.9. The van der Waals surface area contributed by atoms with Crippen molar-refractivity contribution in [2.24, 2.45) is 5.92 Å². The molecule has 0 bridgehead atoms. The number of amides is 1. The van der Waals surface area contributed by atoms with Crippen molar-refractivity contribution in [2.45, 2.75) is 24.8 Å². The highest BCUT2D eigenvalue weighted by Gasteiger charge is 2.66. The van der Waals surface area contributed by atoms with Crippen LogP contribution in [0.3, 0.4) is 0 Å². The van der Waals surface area contributed by atoms with Crippen LogP contribution in [0.15, 0.2) is 73.7 Å². The quantitative estimate of drug-likeness (QED) is 0.346. The van der Waals surface area contributed by atoms with Crippen LogP contribution in [-0.2, 0) is 16.8 Å². The summed E-state index contributed by atoms with van der Waals surface area (Å²) in [5.41, 5.74) is 9.43. The molecule has 6 rings (SSSR count). The van der Waals surface area contributed by atoms with E-state index in [0.717, 1.165) is 29.9 Å². The minimum atomic E-state index is -0.446. The smallest absolute Gasteiger partial charge is 0.246 e. The highest BCUT2D eigenvalue weighted by atomic mass is 16.2. The summed E-state index contributed by atoms with van der Waals surface area (Å²) in [6.45, 7) is 4.37. The van der Waals surface area contributed by atoms with Gasteiger partial charge in [0.05, 0.1) is 6.42 Å². The molecule has 1 aliphatic carbocycles. The molecule has 8 heteroatoms. The number of benzene rings is 1. The zero-order valence-electron chi connectivity index (χ0n) is 19.1. The van der Waals surface area contributed by atoms with Gasteiger partial charge in [0.1, 0.15) is 28.4 Å². The average molecular weight is 465 g/mol. The number of ketones is 1. The first-order valence-electron chi connectivity index (χ1n) is 11.6. The number of fused-ring (bicyclic) bond motifs is 2. The van der Waals surface area contributed by atoms with Gasteiger partial charge in [0, 0.05) is 42.0 Å². The Hall–Kier alpha value is -4.33. The highest BCUT2D eigenvalue weighted by molar-refractivity contribution is 5.98. The van der Waals surface area contributed by atoms with E-state index < -0.39 is 5.54 Å². The van der Waals surface area contributed by atoms with Crippen LogP contribution >= 0.6 is 0 Å². The number of imidazole rings is 1. The van der Waals surface area contributed by atoms with Crippen LogP contribution in [-0.4, -0.2) is 42.5 Å². The topological polar surface area (TPSA) is 106 Å². The number of aromatic nitrogens is 4. The molecule has 1 aromatic carbocycles. The minimum Gasteiger partial charge on any atom is -0.382 e. The van der Waals surface area contributed by atoms with Gasteiger partial charge in [-0.2, -0.15) is 0 Å². The van der Waals surface area contributed by atoms with Crippen LogP contribution < -0.4 is 5.73 Å². The second kappa shape index (κ2) is 7.87. The molecule has 0 radical (unpaired) electrons. The maximum absolute atomic E-state index is 12.7. The van der Waals surface area contributed by atoms with Gasteiger partial charge in [-0.15, -0.1) is 0 Å². The number of nitrogens with two attached hydrogens (primary N) is 1. The molecule has 2 N–H and O–H groups in total. The lowest BCUT2D eigenvalue weighted by molar-refractivity contribution is -0.128. The van der Waals surface area contributed by atoms with Gasteiger partial charge in [0.15, 0.2) is 5.78 Å². The molecule has 1 aliphatic heterocycles. The number of carbonyl (C=O) groups excluding carboxylic acids is 2. The Morgan fingerprint density at radius 1 is 1.14 bits per heavy atom. The first-order valence-corrected chi connectivity index (χ1v) is 11.6. The second-order valence-corrected chi connectivity index (χ2v) is 9.12. The molecule has 2 aliphatic rings. The summed E-state index contributed by atoms with van der Waals surface area (Å²) >= 11 is 0. The van der Waals surface area contributed by atoms with Crippen LogP contribution in [0.5, 0.6) is 0 Å². The summed E-state index contributed by atoms with van der Waals surface area (Å²) in [5, 5.41) is 0. The van der Waals surface area contributed by atoms with Crippen molar-refractivity contribution in [2.75, 3.05) is 12.3 Å². The molecule has 2 unspecified atom stereocenters. The van der Waals surface area contributed by atoms with E-state index in [0.29, 0.717) is 35.1 Å². The maximum atomic E-state index is 12.7. The van der Waals surface area contributed by atoms with E-state index in [9.17, 15) is 9.59 Å². The fourth-order valence-corrected chi connectivity index (χ4v) is 5.44. The number of pyridine rings is 1. The lowest BCUT2D eigenvalue weighted by Crippen LogP contribution is -2.38. The first-order chi connectivity index (χ1) is 17.0. The molecular formula is C27H24N6O2. The van der Waals surface area contributed by atoms with Crippen LogP contribution in [0.2, 0.25) is 0 Å². The van der Waals surface area contributed by atoms with Crippen LogP contribution in [0.25, 0.3) is 16.8 Å². The second-order valence-electron chi connectivity index (χ2n) is 9.12. The number of carbonyl (C=O) groups is 2. The SMILES string of the molecule is C=CC(=O)N1CCC2CC21c1nc(-c2ccc(C(=O)Cc3ccccn3)cc2)c2c(N)nccn12. The van der Waals surface area contributed by atoms with Crippen molar-refractivity contribution < 1.29 is 9.59 Å². The summed E-state index contributed by atoms with van der Waals surface area (Å²) in [5.74, 6) is 1.44. The Kier molecular flexibility index (Phi) is 4.77. The Bertz CT molecular complexity index is 1480. The number of nitrogens with zero attached hydrogens (tertiary/aromatic N) is 5. The van der Waals surface area contributed by atoms with Crippen molar-refractivity contribution in [1.29, 1.82) is 0 Å². The summed E-state index contributed by atoms with van der Waals surface area (Å²) in [6.07, 6.45) is 8.61. The van der Waals surface area contributed by atoms with Gasteiger partial charge >= 0.3 is 0 Å². The number of anilines is 1. The largest absolute Gasteiger partial charge is 0.382 e. The third-order valence-electron chi connectivity index (χ3n) is 7.21. The lowest BCUT2D eigenvalue weighted by atomic mass is 10.0. The minimum absolute atomic E-state index is 0.00364. The Balaban J connectivity index is 1.39. The predicted molar refractivity (Wildman–Crippen MR) is 131 cm³/mol. The van der Waals surface area contributed by atoms with Gasteiger partial charge in [-0.3, -0.25) is 19.0 Å². The molecule has 4 aromatic rings. The van der Waals surface area contributed by atoms with E-state index in [2.05, 4.69) is 16.5 Å². The van der Waals surface area contributed by atoms with Crippen molar-refractivity contribution in [3.63, 3.8) is 0 Å². The normalized spacial score (nSPS) is 20.6. The van der Waals surface area contributed by atoms with Crippen molar-refractivity contribution >= 4 is 23.0 Å². The molecule has 2 atom stereocenters. The predicted octanol–water partition coefficient (Wildman–Crippen LogP) is 3.43. The van der Waals surface area contributed by atoms with E-state index in [1.165, 1.54) is 6.08 Å². The van der Waals surface area contributed by atoms with E-state index in [4.69, 9.17) is 10.7 Å². The summed E-state index contributed by atoms with van der Waals surface area (Å²) in [7, 11) is 0. The standard InChI is InChI=1S/C27H24N6O2/c1-2-22(35)33-13-10-19-16-27(19,33)26-31-23(24-25(28)30-12-14-32(24)26)18-8-6-17(7-9-18)21(34)15-20-5-3-4-11-29-20/h2-9,11-12,14,19H,1,10,13,15-16H2,(H2,28,30). The van der Waals surface area contributed by atoms with E-state index >= 15 is 0 Å². The van der Waals surface area contributed by atoms with Crippen molar-refractivity contribution in [1.82, 2.24) is 24.3 Å². The summed E-state index contributed by atoms with van der Waals surface area (Å²) in [4.78, 5) is 40.9. The number of likely N-dealkylation sites (tertiary alicyclic amines) is 1. The molecular weight excluding hydrogens is 440 g/mol. The fourth-order valence-electron chi connectivity index (χ4n) is 5.44. The summed E-state index contributed by atoms with van der Waals surface area (Å²) < 4.78 is 1.96. The molecule has 2 fully saturated rings. The third kappa shape index (κ3) is 3.24. The fraction of sp³-hybridized carbons (Fsp3) is 0.222. The zero-order valence-corrected chi connectivity index (χ0v) is 19.1. The van der Waals surface area contributed by atoms with Crippen LogP contribution in [0.4, 0.5) is 5.82 Å². The van der Waals surface area contributed by atoms with Gasteiger partial charge in [0.2, 0.25) is 5.91 Å². The molecule has 1 amide bonds. The Labute approximate surface area is 202 Å². The molecule has 8 nitrogen and oxygen atoms in total. The molecule has 35 heavy (non-hydrogen) atoms. The zero-order chi connectivity index (χ0) is 24.2. The van der Waals surface area contributed by atoms with Gasteiger partial charge in [-0.25, -0.2) is 9.97 Å². The van der Waals surface area contributed by atoms with Gasteiger partial charge in [-0.05, 0) is 37.0 Å². The van der Waals surface area contributed by atoms with E-state index in [-0.39, 0.29) is 18.1 Å². The molecule has 4 heterocycles. The number of nitrogen functional groups attached to an aromatic ring is 1. The maximum Gasteiger partial charge on any atom is 0.246 e. The average Bonchev–Trinajstić information content (AvgIpc) is 3.28. The van der Waals surface area contributed by atoms with Gasteiger partial charge < -0.3 is 10.6 Å². The van der Waals surface area contributed by atoms with Crippen LogP contribution in [0, 0.1) is 5.92 Å². The molecule has 1 saturated heterocycles. The Morgan fingerprint density at radius 2 is 1.97 bits per heavy atom. The highest BCUT2D eigenvalue weighted by Crippen LogP contribution is 2.62. The van der Waals surface area contributed by atoms with E-state index in [1.54, 1.807) is 24.5 Å². The molecule has 1 saturated carbocycles. The first kappa shape index (κ1) is 21.2. The van der Waals surface area contributed by atoms with Gasteiger partial charge in [-0.1, -0.05) is 36.9 Å². The van der Waals surface area contributed by atoms with Crippen molar-refractivity contribution in [3.8, 4) is 11.3 Å². The molecule has 3 aromatic heterocycles. The van der Waals surface area contributed by atoms with Crippen molar-refractivity contribution in [3.05, 3.63) is 90.8 Å². The van der Waals surface area contributed by atoms with Crippen LogP contribution in [0.1, 0.15) is 34.7 Å². The van der Waals surface area contributed by atoms with E-state index in [1.807, 2.05) is 45.8 Å². The number of Topliss-reactive ketones (excluding diaryl/α,β-unsaturated/α-hetero) is 1. The third-order valence-corrected chi connectivity index (χ3v) is 7.21. The van der Waals surface area contributed by atoms with Gasteiger partial charge in [0.25, 0.3) is 0 Å². The Morgan fingerprint density at radius 3 is 2.69 bits per heavy atom. The molecule has 0 spiro atoms.